The predicted octanol–water partition coefficient (Wildman–Crippen LogP) is 4.38. The Hall–Kier alpha value is -3.55. The maximum atomic E-state index is 11.1. The average Bonchev–Trinajstić information content (AvgIpc) is 3.29. The number of nitro groups is 1. The van der Waals surface area contributed by atoms with Crippen LogP contribution in [0.15, 0.2) is 47.2 Å². The standard InChI is InChI=1S/C19H17N5O3/c1-3-9-23-11-20-15-10-13(7-8-17(15)23)18-21-19(27-22-18)14-5-4-6-16(12(14)2)24(25)26/h4-8,10-11H,3,9H2,1-2H3. The van der Waals surface area contributed by atoms with Crippen molar-refractivity contribution >= 4 is 16.7 Å². The molecule has 136 valence electrons. The number of aromatic nitrogens is 4. The SMILES string of the molecule is CCCn1cnc2cc(-c3noc(-c4cccc([N+](=O)[O-])c4C)n3)ccc21. The first-order chi connectivity index (χ1) is 13.1. The lowest BCUT2D eigenvalue weighted by Crippen LogP contribution is -1.94. The largest absolute Gasteiger partial charge is 0.334 e. The van der Waals surface area contributed by atoms with Crippen LogP contribution in [-0.2, 0) is 6.54 Å². The van der Waals surface area contributed by atoms with E-state index in [9.17, 15) is 10.1 Å². The highest BCUT2D eigenvalue weighted by Crippen LogP contribution is 2.30. The first kappa shape index (κ1) is 16.9. The molecule has 0 unspecified atom stereocenters. The summed E-state index contributed by atoms with van der Waals surface area (Å²) in [7, 11) is 0. The fourth-order valence-electron chi connectivity index (χ4n) is 3.13. The van der Waals surface area contributed by atoms with Crippen LogP contribution in [0.25, 0.3) is 33.9 Å². The number of aryl methyl sites for hydroxylation is 1. The molecule has 0 amide bonds. The van der Waals surface area contributed by atoms with E-state index in [1.807, 2.05) is 24.5 Å². The Morgan fingerprint density at radius 3 is 2.89 bits per heavy atom. The van der Waals surface area contributed by atoms with E-state index < -0.39 is 4.92 Å². The molecule has 4 rings (SSSR count). The molecule has 27 heavy (non-hydrogen) atoms. The highest BCUT2D eigenvalue weighted by Gasteiger charge is 2.19. The van der Waals surface area contributed by atoms with Gasteiger partial charge in [-0.2, -0.15) is 4.98 Å². The second-order valence-electron chi connectivity index (χ2n) is 6.27. The summed E-state index contributed by atoms with van der Waals surface area (Å²) < 4.78 is 7.47. The minimum atomic E-state index is -0.420. The third-order valence-electron chi connectivity index (χ3n) is 4.50. The molecule has 2 aromatic carbocycles. The van der Waals surface area contributed by atoms with Crippen molar-refractivity contribution < 1.29 is 9.45 Å². The van der Waals surface area contributed by atoms with Crippen molar-refractivity contribution in [2.24, 2.45) is 0 Å². The summed E-state index contributed by atoms with van der Waals surface area (Å²) in [4.78, 5) is 19.6. The van der Waals surface area contributed by atoms with Gasteiger partial charge < -0.3 is 9.09 Å². The minimum Gasteiger partial charge on any atom is -0.334 e. The number of imidazole rings is 1. The van der Waals surface area contributed by atoms with Gasteiger partial charge in [0.1, 0.15) is 0 Å². The van der Waals surface area contributed by atoms with Crippen LogP contribution in [0.5, 0.6) is 0 Å². The molecule has 0 saturated carbocycles. The molecule has 8 nitrogen and oxygen atoms in total. The number of fused-ring (bicyclic) bond motifs is 1. The summed E-state index contributed by atoms with van der Waals surface area (Å²) in [5.41, 5.74) is 3.76. The molecule has 0 radical (unpaired) electrons. The van der Waals surface area contributed by atoms with Gasteiger partial charge >= 0.3 is 0 Å². The van der Waals surface area contributed by atoms with Gasteiger partial charge in [-0.3, -0.25) is 10.1 Å². The molecule has 0 spiro atoms. The van der Waals surface area contributed by atoms with E-state index in [-0.39, 0.29) is 11.6 Å². The number of benzene rings is 2. The molecular formula is C19H17N5O3. The summed E-state index contributed by atoms with van der Waals surface area (Å²) in [5, 5.41) is 15.2. The first-order valence-electron chi connectivity index (χ1n) is 8.62. The smallest absolute Gasteiger partial charge is 0.273 e. The van der Waals surface area contributed by atoms with Crippen molar-refractivity contribution in [2.75, 3.05) is 0 Å². The Morgan fingerprint density at radius 2 is 2.11 bits per heavy atom. The maximum Gasteiger partial charge on any atom is 0.273 e. The molecule has 8 heteroatoms. The monoisotopic (exact) mass is 363 g/mol. The van der Waals surface area contributed by atoms with Crippen LogP contribution in [-0.4, -0.2) is 24.6 Å². The summed E-state index contributed by atoms with van der Waals surface area (Å²) >= 11 is 0. The van der Waals surface area contributed by atoms with Gasteiger partial charge in [-0.1, -0.05) is 18.1 Å². The van der Waals surface area contributed by atoms with E-state index in [4.69, 9.17) is 4.52 Å². The number of hydrogen-bond donors (Lipinski definition) is 0. The van der Waals surface area contributed by atoms with Gasteiger partial charge in [-0.15, -0.1) is 0 Å². The van der Waals surface area contributed by atoms with Gasteiger partial charge in [-0.25, -0.2) is 4.98 Å². The Morgan fingerprint density at radius 1 is 1.26 bits per heavy atom. The summed E-state index contributed by atoms with van der Waals surface area (Å²) in [6.45, 7) is 4.70. The molecule has 0 saturated heterocycles. The number of nitrogens with zero attached hydrogens (tertiary/aromatic N) is 5. The van der Waals surface area contributed by atoms with Gasteiger partial charge in [0.05, 0.1) is 22.3 Å². The summed E-state index contributed by atoms with van der Waals surface area (Å²) in [5.74, 6) is 0.672. The topological polar surface area (TPSA) is 99.9 Å². The van der Waals surface area contributed by atoms with Crippen LogP contribution in [0.3, 0.4) is 0 Å². The Balaban J connectivity index is 1.72. The van der Waals surface area contributed by atoms with E-state index in [2.05, 4.69) is 26.6 Å². The molecular weight excluding hydrogens is 346 g/mol. The Labute approximate surface area is 154 Å². The van der Waals surface area contributed by atoms with Crippen molar-refractivity contribution in [1.29, 1.82) is 0 Å². The molecule has 0 atom stereocenters. The molecule has 0 fully saturated rings. The van der Waals surface area contributed by atoms with Crippen molar-refractivity contribution in [1.82, 2.24) is 19.7 Å². The maximum absolute atomic E-state index is 11.1. The zero-order valence-corrected chi connectivity index (χ0v) is 14.9. The molecule has 2 heterocycles. The number of rotatable bonds is 5. The fraction of sp³-hybridized carbons (Fsp3) is 0.211. The van der Waals surface area contributed by atoms with Gasteiger partial charge in [0.2, 0.25) is 5.82 Å². The Bertz CT molecular complexity index is 1150. The molecule has 0 aliphatic heterocycles. The first-order valence-corrected chi connectivity index (χ1v) is 8.62. The zero-order valence-electron chi connectivity index (χ0n) is 14.9. The van der Waals surface area contributed by atoms with E-state index in [1.54, 1.807) is 19.1 Å². The van der Waals surface area contributed by atoms with Crippen molar-refractivity contribution in [3.8, 4) is 22.8 Å². The van der Waals surface area contributed by atoms with Crippen LogP contribution in [0.1, 0.15) is 18.9 Å². The number of hydrogen-bond acceptors (Lipinski definition) is 6. The molecule has 0 aliphatic carbocycles. The third-order valence-corrected chi connectivity index (χ3v) is 4.50. The van der Waals surface area contributed by atoms with E-state index in [0.717, 1.165) is 29.6 Å². The highest BCUT2D eigenvalue weighted by molar-refractivity contribution is 5.81. The normalized spacial score (nSPS) is 11.2. The van der Waals surface area contributed by atoms with Crippen LogP contribution >= 0.6 is 0 Å². The van der Waals surface area contributed by atoms with Gasteiger partial charge in [-0.05, 0) is 37.6 Å². The minimum absolute atomic E-state index is 0.0233. The van der Waals surface area contributed by atoms with Crippen LogP contribution in [0, 0.1) is 17.0 Å². The quantitative estimate of drug-likeness (QED) is 0.385. The predicted molar refractivity (Wildman–Crippen MR) is 100 cm³/mol. The van der Waals surface area contributed by atoms with Crippen LogP contribution in [0.2, 0.25) is 0 Å². The molecule has 0 bridgehead atoms. The molecule has 0 aliphatic rings. The summed E-state index contributed by atoms with van der Waals surface area (Å²) in [6, 6.07) is 10.6. The number of nitro benzene ring substituents is 1. The highest BCUT2D eigenvalue weighted by atomic mass is 16.6. The van der Waals surface area contributed by atoms with Crippen LogP contribution < -0.4 is 0 Å². The molecule has 0 N–H and O–H groups in total. The van der Waals surface area contributed by atoms with Crippen molar-refractivity contribution in [2.45, 2.75) is 26.8 Å². The third kappa shape index (κ3) is 2.95. The second-order valence-corrected chi connectivity index (χ2v) is 6.27. The van der Waals surface area contributed by atoms with Crippen molar-refractivity contribution in [3.05, 3.63) is 58.4 Å². The lowest BCUT2D eigenvalue weighted by molar-refractivity contribution is -0.385. The average molecular weight is 363 g/mol. The fourth-order valence-corrected chi connectivity index (χ4v) is 3.13. The lowest BCUT2D eigenvalue weighted by Gasteiger charge is -2.01. The zero-order chi connectivity index (χ0) is 19.0. The summed E-state index contributed by atoms with van der Waals surface area (Å²) in [6.07, 6.45) is 2.86. The van der Waals surface area contributed by atoms with E-state index >= 15 is 0 Å². The van der Waals surface area contributed by atoms with E-state index in [1.165, 1.54) is 6.07 Å². The second kappa shape index (κ2) is 6.64. The van der Waals surface area contributed by atoms with Crippen molar-refractivity contribution in [3.63, 3.8) is 0 Å². The van der Waals surface area contributed by atoms with Gasteiger partial charge in [0.15, 0.2) is 0 Å². The Kier molecular flexibility index (Phi) is 4.15. The van der Waals surface area contributed by atoms with Gasteiger partial charge in [0, 0.05) is 29.3 Å². The van der Waals surface area contributed by atoms with E-state index in [0.29, 0.717) is 17.0 Å². The molecule has 4 aromatic rings. The lowest BCUT2D eigenvalue weighted by atomic mass is 10.1. The van der Waals surface area contributed by atoms with Crippen LogP contribution in [0.4, 0.5) is 5.69 Å². The molecule has 2 aromatic heterocycles. The van der Waals surface area contributed by atoms with Gasteiger partial charge in [0.25, 0.3) is 11.6 Å².